The molecule has 1 aromatic carbocycles. The van der Waals surface area contributed by atoms with E-state index in [1.807, 2.05) is 0 Å². The van der Waals surface area contributed by atoms with Crippen LogP contribution in [0.15, 0.2) is 28.3 Å². The Morgan fingerprint density at radius 3 is 2.35 bits per heavy atom. The molecule has 0 atom stereocenters. The Kier molecular flexibility index (Phi) is 5.54. The maximum absolute atomic E-state index is 12.2. The number of ether oxygens (including phenoxy) is 3. The van der Waals surface area contributed by atoms with E-state index in [1.54, 1.807) is 0 Å². The summed E-state index contributed by atoms with van der Waals surface area (Å²) in [6.45, 7) is 0.989. The van der Waals surface area contributed by atoms with E-state index in [1.165, 1.54) is 13.0 Å². The number of methoxy groups -OCH3 is 2. The smallest absolute Gasteiger partial charge is 0.355 e. The van der Waals surface area contributed by atoms with Crippen LogP contribution in [0.2, 0.25) is 0 Å². The lowest BCUT2D eigenvalue weighted by molar-refractivity contribution is -0.140. The predicted molar refractivity (Wildman–Crippen MR) is 87.0 cm³/mol. The van der Waals surface area contributed by atoms with Crippen molar-refractivity contribution in [2.75, 3.05) is 32.5 Å². The third-order valence-corrected chi connectivity index (χ3v) is 4.47. The van der Waals surface area contributed by atoms with Gasteiger partial charge in [0.1, 0.15) is 17.3 Å². The first-order valence-electron chi connectivity index (χ1n) is 7.18. The molecule has 0 bridgehead atoms. The number of benzene rings is 1. The number of aromatic hydroxyl groups is 1. The molecule has 142 valence electrons. The number of carbonyl (C=O) groups is 2. The molecule has 1 heterocycles. The average molecular weight is 387 g/mol. The summed E-state index contributed by atoms with van der Waals surface area (Å²) in [5.41, 5.74) is -0.244. The van der Waals surface area contributed by atoms with E-state index in [0.29, 0.717) is 5.56 Å². The minimum absolute atomic E-state index is 0.167. The number of carbonyl (C=O) groups excluding carboxylic acids is 2. The van der Waals surface area contributed by atoms with Crippen LogP contribution in [0.3, 0.4) is 0 Å². The minimum Gasteiger partial charge on any atom is -0.504 e. The summed E-state index contributed by atoms with van der Waals surface area (Å²) in [6.07, 6.45) is 0. The summed E-state index contributed by atoms with van der Waals surface area (Å²) in [5, 5.41) is 10.3. The van der Waals surface area contributed by atoms with E-state index in [-0.39, 0.29) is 30.3 Å². The average Bonchev–Trinajstić information content (AvgIpc) is 2.60. The van der Waals surface area contributed by atoms with Gasteiger partial charge in [-0.15, -0.1) is 0 Å². The van der Waals surface area contributed by atoms with Gasteiger partial charge in [0.05, 0.1) is 32.1 Å². The lowest BCUT2D eigenvalue weighted by Crippen LogP contribution is -2.39. The Morgan fingerprint density at radius 1 is 1.19 bits per heavy atom. The number of hydrogen-bond donors (Lipinski definition) is 2. The van der Waals surface area contributed by atoms with Crippen LogP contribution in [0.25, 0.3) is 0 Å². The Labute approximate surface area is 149 Å². The fraction of sp³-hybridized carbons (Fsp3) is 0.333. The van der Waals surface area contributed by atoms with Crippen molar-refractivity contribution < 1.29 is 41.9 Å². The third-order valence-electron chi connectivity index (χ3n) is 3.60. The number of nitrogens with zero attached hydrogens (tertiary/aromatic N) is 1. The molecule has 0 saturated carbocycles. The van der Waals surface area contributed by atoms with Gasteiger partial charge in [-0.3, -0.25) is 4.55 Å². The molecule has 10 nitrogen and oxygen atoms in total. The Morgan fingerprint density at radius 2 is 1.81 bits per heavy atom. The molecule has 0 spiro atoms. The summed E-state index contributed by atoms with van der Waals surface area (Å²) in [4.78, 5) is 24.5. The molecule has 0 saturated heterocycles. The highest BCUT2D eigenvalue weighted by atomic mass is 32.2. The van der Waals surface area contributed by atoms with Crippen LogP contribution < -0.4 is 4.90 Å². The monoisotopic (exact) mass is 387 g/mol. The van der Waals surface area contributed by atoms with Gasteiger partial charge in [0.15, 0.2) is 5.75 Å². The zero-order chi connectivity index (χ0) is 19.6. The topological polar surface area (TPSA) is 140 Å². The van der Waals surface area contributed by atoms with E-state index in [2.05, 4.69) is 9.47 Å². The lowest BCUT2D eigenvalue weighted by Gasteiger charge is -2.32. The molecule has 0 fully saturated rings. The maximum Gasteiger partial charge on any atom is 0.355 e. The number of anilines is 1. The normalized spacial score (nSPS) is 15.0. The first kappa shape index (κ1) is 19.7. The quantitative estimate of drug-likeness (QED) is 0.549. The maximum atomic E-state index is 12.2. The van der Waals surface area contributed by atoms with Crippen molar-refractivity contribution in [2.24, 2.45) is 0 Å². The largest absolute Gasteiger partial charge is 0.504 e. The van der Waals surface area contributed by atoms with Gasteiger partial charge in [0.2, 0.25) is 0 Å². The van der Waals surface area contributed by atoms with Crippen LogP contribution in [0.1, 0.15) is 5.56 Å². The third kappa shape index (κ3) is 3.64. The number of aryl methyl sites for hydroxylation is 1. The molecule has 0 radical (unpaired) electrons. The standard InChI is InChI=1S/C15H17NO9S/c1-8-4-10(13(17)11(5-8)26(20,21)22)16-7-25-6-9(14(18)23-2)12(16)15(19)24-3/h4-5,17H,6-7H2,1-3H3,(H,20,21,22). The first-order chi connectivity index (χ1) is 12.1. The summed E-state index contributed by atoms with van der Waals surface area (Å²) in [7, 11) is -2.53. The van der Waals surface area contributed by atoms with Crippen LogP contribution in [-0.2, 0) is 33.9 Å². The van der Waals surface area contributed by atoms with E-state index < -0.39 is 32.7 Å². The van der Waals surface area contributed by atoms with Crippen molar-refractivity contribution in [1.82, 2.24) is 0 Å². The van der Waals surface area contributed by atoms with Gasteiger partial charge in [0, 0.05) is 0 Å². The van der Waals surface area contributed by atoms with Crippen LogP contribution in [0.4, 0.5) is 5.69 Å². The Balaban J connectivity index is 2.75. The molecule has 0 aromatic heterocycles. The van der Waals surface area contributed by atoms with E-state index in [9.17, 15) is 27.7 Å². The van der Waals surface area contributed by atoms with E-state index in [4.69, 9.17) is 4.74 Å². The second-order valence-electron chi connectivity index (χ2n) is 5.32. The van der Waals surface area contributed by atoms with Crippen molar-refractivity contribution in [2.45, 2.75) is 11.8 Å². The van der Waals surface area contributed by atoms with Crippen LogP contribution in [0, 0.1) is 6.92 Å². The molecular weight excluding hydrogens is 370 g/mol. The SMILES string of the molecule is COC(=O)C1=C(C(=O)OC)N(c2cc(C)cc(S(=O)(=O)O)c2O)COC1. The van der Waals surface area contributed by atoms with E-state index >= 15 is 0 Å². The summed E-state index contributed by atoms with van der Waals surface area (Å²) in [6, 6.07) is 2.41. The molecule has 1 aromatic rings. The second kappa shape index (κ2) is 7.32. The molecule has 1 aliphatic heterocycles. The lowest BCUT2D eigenvalue weighted by atomic mass is 10.1. The van der Waals surface area contributed by atoms with Crippen molar-refractivity contribution in [3.63, 3.8) is 0 Å². The fourth-order valence-electron chi connectivity index (χ4n) is 2.46. The highest BCUT2D eigenvalue weighted by molar-refractivity contribution is 7.86. The highest BCUT2D eigenvalue weighted by Crippen LogP contribution is 2.38. The number of esters is 2. The summed E-state index contributed by atoms with van der Waals surface area (Å²) < 4.78 is 46.9. The van der Waals surface area contributed by atoms with Gasteiger partial charge in [-0.1, -0.05) is 0 Å². The summed E-state index contributed by atoms with van der Waals surface area (Å²) in [5.74, 6) is -2.57. The zero-order valence-corrected chi connectivity index (χ0v) is 15.0. The van der Waals surface area contributed by atoms with Gasteiger partial charge < -0.3 is 24.2 Å². The highest BCUT2D eigenvalue weighted by Gasteiger charge is 2.34. The van der Waals surface area contributed by atoms with Crippen LogP contribution in [-0.4, -0.2) is 57.6 Å². The van der Waals surface area contributed by atoms with Gasteiger partial charge >= 0.3 is 11.9 Å². The molecule has 26 heavy (non-hydrogen) atoms. The van der Waals surface area contributed by atoms with Gasteiger partial charge in [-0.05, 0) is 24.6 Å². The van der Waals surface area contributed by atoms with Gasteiger partial charge in [-0.2, -0.15) is 8.42 Å². The molecule has 0 aliphatic carbocycles. The van der Waals surface area contributed by atoms with Crippen molar-refractivity contribution in [1.29, 1.82) is 0 Å². The zero-order valence-electron chi connectivity index (χ0n) is 14.2. The summed E-state index contributed by atoms with van der Waals surface area (Å²) >= 11 is 0. The van der Waals surface area contributed by atoms with E-state index in [0.717, 1.165) is 25.2 Å². The minimum atomic E-state index is -4.74. The molecule has 2 rings (SSSR count). The molecule has 0 unspecified atom stereocenters. The molecule has 2 N–H and O–H groups in total. The van der Waals surface area contributed by atoms with Gasteiger partial charge in [0.25, 0.3) is 10.1 Å². The molecular formula is C15H17NO9S. The van der Waals surface area contributed by atoms with Crippen molar-refractivity contribution in [3.05, 3.63) is 29.0 Å². The first-order valence-corrected chi connectivity index (χ1v) is 8.62. The van der Waals surface area contributed by atoms with Crippen LogP contribution in [0.5, 0.6) is 5.75 Å². The Bertz CT molecular complexity index is 889. The molecule has 1 aliphatic rings. The second-order valence-corrected chi connectivity index (χ2v) is 6.71. The molecule has 0 amide bonds. The number of phenolic OH excluding ortho intramolecular Hbond substituents is 1. The number of phenols is 1. The Hall–Kier alpha value is -2.63. The molecule has 11 heteroatoms. The van der Waals surface area contributed by atoms with Crippen molar-refractivity contribution >= 4 is 27.7 Å². The fourth-order valence-corrected chi connectivity index (χ4v) is 3.15. The number of rotatable bonds is 4. The number of hydrogen-bond acceptors (Lipinski definition) is 9. The van der Waals surface area contributed by atoms with Crippen molar-refractivity contribution in [3.8, 4) is 5.75 Å². The predicted octanol–water partition coefficient (Wildman–Crippen LogP) is 0.342. The van der Waals surface area contributed by atoms with Gasteiger partial charge in [-0.25, -0.2) is 9.59 Å². The van der Waals surface area contributed by atoms with Crippen LogP contribution >= 0.6 is 0 Å².